The van der Waals surface area contributed by atoms with Gasteiger partial charge in [-0.05, 0) is 68.7 Å². The van der Waals surface area contributed by atoms with Gasteiger partial charge in [0, 0.05) is 35.3 Å². The Balaban J connectivity index is 0.00000432. The number of likely N-dealkylation sites (tertiary alicyclic amines) is 1. The first-order valence-electron chi connectivity index (χ1n) is 11.2. The maximum Gasteiger partial charge on any atom is 0.308 e. The lowest BCUT2D eigenvalue weighted by Gasteiger charge is -2.21. The van der Waals surface area contributed by atoms with Crippen LogP contribution in [0.15, 0.2) is 36.4 Å². The molecule has 10 heteroatoms. The van der Waals surface area contributed by atoms with Gasteiger partial charge < -0.3 is 25.8 Å². The van der Waals surface area contributed by atoms with Gasteiger partial charge in [0.05, 0.1) is 19.1 Å². The van der Waals surface area contributed by atoms with E-state index in [0.29, 0.717) is 22.3 Å². The molecule has 1 aliphatic rings. The van der Waals surface area contributed by atoms with Crippen molar-refractivity contribution in [2.75, 3.05) is 19.7 Å². The van der Waals surface area contributed by atoms with E-state index in [1.807, 2.05) is 4.90 Å². The fourth-order valence-corrected chi connectivity index (χ4v) is 4.00. The highest BCUT2D eigenvalue weighted by Crippen LogP contribution is 2.29. The molecule has 0 spiro atoms. The summed E-state index contributed by atoms with van der Waals surface area (Å²) in [5.74, 6) is -1.44. The first-order chi connectivity index (χ1) is 16.2. The van der Waals surface area contributed by atoms with Crippen LogP contribution in [0.1, 0.15) is 69.6 Å². The fourth-order valence-electron chi connectivity index (χ4n) is 4.00. The molecule has 0 aromatic heterocycles. The van der Waals surface area contributed by atoms with Crippen LogP contribution in [0.25, 0.3) is 0 Å². The molecule has 0 saturated carbocycles. The summed E-state index contributed by atoms with van der Waals surface area (Å²) < 4.78 is 5.03. The van der Waals surface area contributed by atoms with Crippen LogP contribution in [-0.4, -0.2) is 53.3 Å². The molecule has 2 aromatic rings. The Morgan fingerprint density at radius 2 is 1.80 bits per heavy atom. The molecule has 1 atom stereocenters. The van der Waals surface area contributed by atoms with Crippen LogP contribution in [0.2, 0.25) is 0 Å². The molecule has 2 aromatic carbocycles. The topological polar surface area (TPSA) is 146 Å². The highest BCUT2D eigenvalue weighted by atomic mass is 35.5. The Bertz CT molecular complexity index is 1120. The van der Waals surface area contributed by atoms with Crippen molar-refractivity contribution in [3.63, 3.8) is 0 Å². The number of esters is 1. The minimum absolute atomic E-state index is 0. The van der Waals surface area contributed by atoms with Gasteiger partial charge in [-0.1, -0.05) is 0 Å². The predicted octanol–water partition coefficient (Wildman–Crippen LogP) is 3.07. The third kappa shape index (κ3) is 6.73. The molecule has 5 N–H and O–H groups in total. The number of nitrogens with one attached hydrogen (secondary N) is 2. The van der Waals surface area contributed by atoms with E-state index in [0.717, 1.165) is 25.9 Å². The van der Waals surface area contributed by atoms with E-state index in [2.05, 4.69) is 5.32 Å². The van der Waals surface area contributed by atoms with Crippen LogP contribution in [-0.2, 0) is 9.53 Å². The highest BCUT2D eigenvalue weighted by molar-refractivity contribution is 5.99. The highest BCUT2D eigenvalue weighted by Gasteiger charge is 2.25. The van der Waals surface area contributed by atoms with Gasteiger partial charge in [0.25, 0.3) is 11.8 Å². The van der Waals surface area contributed by atoms with E-state index in [4.69, 9.17) is 15.9 Å². The van der Waals surface area contributed by atoms with Gasteiger partial charge >= 0.3 is 5.97 Å². The number of carbonyl (C=O) groups is 3. The summed E-state index contributed by atoms with van der Waals surface area (Å²) in [6, 6.07) is 8.22. The summed E-state index contributed by atoms with van der Waals surface area (Å²) in [5.41, 5.74) is 7.69. The van der Waals surface area contributed by atoms with Gasteiger partial charge in [-0.25, -0.2) is 0 Å². The molecular formula is C25H31ClN4O5. The zero-order valence-electron chi connectivity index (χ0n) is 19.8. The molecule has 2 amide bonds. The normalized spacial score (nSPS) is 13.5. The molecule has 1 saturated heterocycles. The number of halogens is 1. The summed E-state index contributed by atoms with van der Waals surface area (Å²) in [6.07, 6.45) is 1.76. The summed E-state index contributed by atoms with van der Waals surface area (Å²) in [6.45, 7) is 5.09. The number of amidine groups is 1. The van der Waals surface area contributed by atoms with Gasteiger partial charge in [0.2, 0.25) is 0 Å². The number of phenols is 1. The Hall–Kier alpha value is -3.59. The lowest BCUT2D eigenvalue weighted by atomic mass is 9.98. The number of carbonyl (C=O) groups excluding carboxylic acids is 3. The third-order valence-electron chi connectivity index (χ3n) is 5.81. The third-order valence-corrected chi connectivity index (χ3v) is 5.81. The van der Waals surface area contributed by atoms with Gasteiger partial charge in [-0.3, -0.25) is 19.8 Å². The molecule has 1 aliphatic heterocycles. The van der Waals surface area contributed by atoms with Crippen molar-refractivity contribution in [3.05, 3.63) is 64.2 Å². The minimum Gasteiger partial charge on any atom is -0.508 e. The van der Waals surface area contributed by atoms with Crippen LogP contribution >= 0.6 is 12.4 Å². The molecule has 1 heterocycles. The molecular weight excluding hydrogens is 472 g/mol. The molecule has 0 aliphatic carbocycles. The van der Waals surface area contributed by atoms with Crippen LogP contribution in [0.4, 0.5) is 0 Å². The number of aryl methyl sites for hydroxylation is 1. The quantitative estimate of drug-likeness (QED) is 0.248. The number of hydrogen-bond donors (Lipinski definition) is 4. The number of rotatable bonds is 8. The van der Waals surface area contributed by atoms with E-state index in [1.165, 1.54) is 18.2 Å². The first kappa shape index (κ1) is 27.7. The van der Waals surface area contributed by atoms with Gasteiger partial charge in [0.15, 0.2) is 0 Å². The van der Waals surface area contributed by atoms with E-state index >= 15 is 0 Å². The van der Waals surface area contributed by atoms with E-state index < -0.39 is 17.9 Å². The number of ether oxygens (including phenoxy) is 1. The minimum atomic E-state index is -0.919. The smallest absolute Gasteiger partial charge is 0.308 e. The van der Waals surface area contributed by atoms with Gasteiger partial charge in [-0.15, -0.1) is 12.4 Å². The Morgan fingerprint density at radius 1 is 1.14 bits per heavy atom. The number of hydrogen-bond acceptors (Lipinski definition) is 6. The summed E-state index contributed by atoms with van der Waals surface area (Å²) in [5, 5.41) is 20.8. The van der Waals surface area contributed by atoms with Crippen molar-refractivity contribution in [1.29, 1.82) is 5.41 Å². The van der Waals surface area contributed by atoms with Crippen LogP contribution in [0, 0.1) is 12.3 Å². The number of phenolic OH excluding ortho intramolecular Hbond substituents is 1. The molecule has 3 rings (SSSR count). The zero-order chi connectivity index (χ0) is 24.8. The first-order valence-corrected chi connectivity index (χ1v) is 11.2. The summed E-state index contributed by atoms with van der Waals surface area (Å²) in [4.78, 5) is 39.8. The van der Waals surface area contributed by atoms with Crippen molar-refractivity contribution in [2.45, 2.75) is 39.2 Å². The molecule has 0 radical (unpaired) electrons. The van der Waals surface area contributed by atoms with E-state index in [9.17, 15) is 19.5 Å². The largest absolute Gasteiger partial charge is 0.508 e. The van der Waals surface area contributed by atoms with E-state index in [-0.39, 0.29) is 48.5 Å². The number of nitrogen functional groups attached to an aromatic ring is 1. The summed E-state index contributed by atoms with van der Waals surface area (Å²) >= 11 is 0. The second-order valence-corrected chi connectivity index (χ2v) is 8.25. The number of benzene rings is 2. The number of nitrogens with zero attached hydrogens (tertiary/aromatic N) is 1. The standard InChI is InChI=1S/C25H30N4O5.ClH/c1-3-34-22(31)14-20(19-13-16(23(26)27)7-9-21(19)30)28-24(32)17-6-8-18(15(2)12-17)25(33)29-10-4-5-11-29;/h6-9,12-13,20,30H,3-5,10-11,14H2,1-2H3,(H3,26,27)(H,28,32);1H. The number of nitrogens with two attached hydrogens (primary N) is 1. The predicted molar refractivity (Wildman–Crippen MR) is 134 cm³/mol. The van der Waals surface area contributed by atoms with Crippen molar-refractivity contribution < 1.29 is 24.2 Å². The maximum atomic E-state index is 13.1. The SMILES string of the molecule is CCOC(=O)CC(NC(=O)c1ccc(C(=O)N2CCCC2)c(C)c1)c1cc(C(=N)N)ccc1O.Cl. The van der Waals surface area contributed by atoms with Gasteiger partial charge in [-0.2, -0.15) is 0 Å². The number of aromatic hydroxyl groups is 1. The molecule has 35 heavy (non-hydrogen) atoms. The fraction of sp³-hybridized carbons (Fsp3) is 0.360. The molecule has 188 valence electrons. The second-order valence-electron chi connectivity index (χ2n) is 8.25. The molecule has 9 nitrogen and oxygen atoms in total. The average Bonchev–Trinajstić information content (AvgIpc) is 3.33. The molecule has 1 fully saturated rings. The van der Waals surface area contributed by atoms with Crippen molar-refractivity contribution in [1.82, 2.24) is 10.2 Å². The average molecular weight is 503 g/mol. The van der Waals surface area contributed by atoms with Crippen molar-refractivity contribution in [3.8, 4) is 5.75 Å². The second kappa shape index (κ2) is 12.2. The maximum absolute atomic E-state index is 13.1. The summed E-state index contributed by atoms with van der Waals surface area (Å²) in [7, 11) is 0. The van der Waals surface area contributed by atoms with Crippen molar-refractivity contribution >= 4 is 36.0 Å². The monoisotopic (exact) mass is 502 g/mol. The lowest BCUT2D eigenvalue weighted by Crippen LogP contribution is -2.31. The van der Waals surface area contributed by atoms with Crippen molar-refractivity contribution in [2.24, 2.45) is 5.73 Å². The Kier molecular flexibility index (Phi) is 9.65. The Morgan fingerprint density at radius 3 is 2.40 bits per heavy atom. The van der Waals surface area contributed by atoms with Crippen LogP contribution in [0.5, 0.6) is 5.75 Å². The zero-order valence-corrected chi connectivity index (χ0v) is 20.6. The van der Waals surface area contributed by atoms with Gasteiger partial charge in [0.1, 0.15) is 11.6 Å². The lowest BCUT2D eigenvalue weighted by molar-refractivity contribution is -0.143. The number of amides is 2. The van der Waals surface area contributed by atoms with Crippen LogP contribution in [0.3, 0.4) is 0 Å². The molecule has 1 unspecified atom stereocenters. The Labute approximate surface area is 210 Å². The van der Waals surface area contributed by atoms with Crippen LogP contribution < -0.4 is 11.1 Å². The van der Waals surface area contributed by atoms with E-state index in [1.54, 1.807) is 32.0 Å². The molecule has 0 bridgehead atoms.